The van der Waals surface area contributed by atoms with E-state index in [-0.39, 0.29) is 0 Å². The van der Waals surface area contributed by atoms with Gasteiger partial charge in [0, 0.05) is 27.5 Å². The molecule has 0 saturated carbocycles. The molecule has 0 saturated heterocycles. The first kappa shape index (κ1) is 29.5. The quantitative estimate of drug-likeness (QED) is 0.175. The van der Waals surface area contributed by atoms with Crippen molar-refractivity contribution in [1.29, 1.82) is 0 Å². The normalized spacial score (nSPS) is 11.8. The first-order valence-corrected chi connectivity index (χ1v) is 17.9. The first-order chi connectivity index (χ1) is 26.3. The monoisotopic (exact) mass is 674 g/mol. The Morgan fingerprint density at radius 2 is 0.887 bits per heavy atom. The van der Waals surface area contributed by atoms with Gasteiger partial charge in [-0.1, -0.05) is 146 Å². The van der Waals surface area contributed by atoms with E-state index >= 15 is 0 Å². The summed E-state index contributed by atoms with van der Waals surface area (Å²) in [6, 6.07) is 64.5. The molecule has 0 aliphatic rings. The molecule has 0 aliphatic heterocycles. The van der Waals surface area contributed by atoms with Crippen LogP contribution in [0.5, 0.6) is 0 Å². The van der Waals surface area contributed by atoms with Crippen LogP contribution in [0.1, 0.15) is 0 Å². The van der Waals surface area contributed by atoms with E-state index in [2.05, 4.69) is 168 Å². The molecule has 0 aliphatic carbocycles. The number of nitrogens with zero attached hydrogens (tertiary/aromatic N) is 4. The minimum absolute atomic E-state index is 0.625. The van der Waals surface area contributed by atoms with Gasteiger partial charge in [-0.15, -0.1) is 0 Å². The molecule has 0 spiro atoms. The van der Waals surface area contributed by atoms with E-state index in [4.69, 9.17) is 15.0 Å². The van der Waals surface area contributed by atoms with Crippen LogP contribution in [-0.4, -0.2) is 19.5 Å². The van der Waals surface area contributed by atoms with E-state index in [1.54, 1.807) is 0 Å². The predicted molar refractivity (Wildman–Crippen MR) is 220 cm³/mol. The molecule has 9 aromatic carbocycles. The molecule has 0 amide bonds. The van der Waals surface area contributed by atoms with E-state index in [9.17, 15) is 0 Å². The van der Waals surface area contributed by atoms with E-state index in [1.165, 1.54) is 53.9 Å². The second kappa shape index (κ2) is 11.7. The van der Waals surface area contributed by atoms with Crippen LogP contribution in [0.25, 0.3) is 105 Å². The standard InChI is InChI=1S/C49H30N4/c1-2-13-33(14-3-1)47-50-48(36-23-22-32-25-26-38-37-17-7-6-12-31(37)24-27-39(38)42(32)29-36)52-49(51-47)41-19-9-11-21-45(41)53-44-20-10-8-18-40(44)43-28-34-15-4-5-16-35(34)30-46(43)53/h1-30H. The maximum atomic E-state index is 5.28. The number of fused-ring (bicyclic) bond motifs is 9. The topological polar surface area (TPSA) is 43.6 Å². The summed E-state index contributed by atoms with van der Waals surface area (Å²) in [5, 5.41) is 12.1. The van der Waals surface area contributed by atoms with Gasteiger partial charge in [-0.2, -0.15) is 0 Å². The lowest BCUT2D eigenvalue weighted by atomic mass is 9.96. The number of para-hydroxylation sites is 2. The number of aromatic nitrogens is 4. The Bertz CT molecular complexity index is 3230. The van der Waals surface area contributed by atoms with Gasteiger partial charge >= 0.3 is 0 Å². The third-order valence-electron chi connectivity index (χ3n) is 10.6. The largest absolute Gasteiger partial charge is 0.308 e. The van der Waals surface area contributed by atoms with Crippen molar-refractivity contribution in [1.82, 2.24) is 19.5 Å². The fraction of sp³-hybridized carbons (Fsp3) is 0. The predicted octanol–water partition coefficient (Wildman–Crippen LogP) is 12.6. The fourth-order valence-corrected chi connectivity index (χ4v) is 8.07. The number of hydrogen-bond donors (Lipinski definition) is 0. The molecule has 4 nitrogen and oxygen atoms in total. The molecule has 0 atom stereocenters. The Morgan fingerprint density at radius 3 is 1.72 bits per heavy atom. The Balaban J connectivity index is 1.16. The number of rotatable bonds is 4. The summed E-state index contributed by atoms with van der Waals surface area (Å²) in [5.41, 5.74) is 6.11. The highest BCUT2D eigenvalue weighted by Crippen LogP contribution is 2.39. The molecule has 2 aromatic heterocycles. The Hall–Kier alpha value is -7.17. The van der Waals surface area contributed by atoms with Crippen LogP contribution in [0.4, 0.5) is 0 Å². The van der Waals surface area contributed by atoms with E-state index in [1.807, 2.05) is 18.2 Å². The zero-order valence-corrected chi connectivity index (χ0v) is 28.6. The maximum Gasteiger partial charge on any atom is 0.166 e. The van der Waals surface area contributed by atoms with Crippen molar-refractivity contribution >= 4 is 64.9 Å². The molecule has 0 fully saturated rings. The van der Waals surface area contributed by atoms with Crippen molar-refractivity contribution in [2.75, 3.05) is 0 Å². The van der Waals surface area contributed by atoms with Crippen molar-refractivity contribution in [3.63, 3.8) is 0 Å². The van der Waals surface area contributed by atoms with Crippen LogP contribution < -0.4 is 0 Å². The van der Waals surface area contributed by atoms with E-state index < -0.39 is 0 Å². The van der Waals surface area contributed by atoms with Gasteiger partial charge in [0.25, 0.3) is 0 Å². The van der Waals surface area contributed by atoms with Gasteiger partial charge in [0.1, 0.15) is 0 Å². The van der Waals surface area contributed by atoms with Gasteiger partial charge in [0.2, 0.25) is 0 Å². The molecule has 53 heavy (non-hydrogen) atoms. The highest BCUT2D eigenvalue weighted by atomic mass is 15.1. The van der Waals surface area contributed by atoms with Crippen molar-refractivity contribution in [2.24, 2.45) is 0 Å². The van der Waals surface area contributed by atoms with Gasteiger partial charge in [0.05, 0.1) is 16.7 Å². The minimum atomic E-state index is 0.625. The van der Waals surface area contributed by atoms with Gasteiger partial charge in [0.15, 0.2) is 17.5 Å². The van der Waals surface area contributed by atoms with Crippen LogP contribution >= 0.6 is 0 Å². The van der Waals surface area contributed by atoms with Crippen LogP contribution in [0, 0.1) is 0 Å². The van der Waals surface area contributed by atoms with Crippen molar-refractivity contribution in [3.8, 4) is 39.9 Å². The van der Waals surface area contributed by atoms with E-state index in [0.717, 1.165) is 33.4 Å². The summed E-state index contributed by atoms with van der Waals surface area (Å²) in [5.74, 6) is 1.90. The third-order valence-corrected chi connectivity index (χ3v) is 10.6. The van der Waals surface area contributed by atoms with Gasteiger partial charge in [-0.25, -0.2) is 15.0 Å². The molecule has 0 unspecified atom stereocenters. The SMILES string of the molecule is c1ccc(-c2nc(-c3ccc4ccc5c6ccccc6ccc5c4c3)nc(-c3ccccc3-n3c4ccccc4c4cc5ccccc5cc43)n2)cc1. The molecule has 11 aromatic rings. The maximum absolute atomic E-state index is 5.28. The lowest BCUT2D eigenvalue weighted by Crippen LogP contribution is -2.03. The Kier molecular flexibility index (Phi) is 6.52. The smallest absolute Gasteiger partial charge is 0.166 e. The average Bonchev–Trinajstić information content (AvgIpc) is 3.55. The molecule has 0 bridgehead atoms. The van der Waals surface area contributed by atoms with Crippen LogP contribution in [0.15, 0.2) is 182 Å². The second-order valence-corrected chi connectivity index (χ2v) is 13.6. The summed E-state index contributed by atoms with van der Waals surface area (Å²) in [6.07, 6.45) is 0. The lowest BCUT2D eigenvalue weighted by molar-refractivity contribution is 1.06. The summed E-state index contributed by atoms with van der Waals surface area (Å²) >= 11 is 0. The fourth-order valence-electron chi connectivity index (χ4n) is 8.07. The zero-order chi connectivity index (χ0) is 34.9. The minimum Gasteiger partial charge on any atom is -0.308 e. The summed E-state index contributed by atoms with van der Waals surface area (Å²) in [6.45, 7) is 0. The van der Waals surface area contributed by atoms with Crippen molar-refractivity contribution < 1.29 is 0 Å². The van der Waals surface area contributed by atoms with Crippen LogP contribution in [-0.2, 0) is 0 Å². The second-order valence-electron chi connectivity index (χ2n) is 13.6. The van der Waals surface area contributed by atoms with Gasteiger partial charge in [-0.3, -0.25) is 0 Å². The molecular formula is C49H30N4. The Labute approximate surface area is 305 Å². The highest BCUT2D eigenvalue weighted by Gasteiger charge is 2.20. The third kappa shape index (κ3) is 4.73. The molecule has 0 radical (unpaired) electrons. The highest BCUT2D eigenvalue weighted by molar-refractivity contribution is 6.18. The van der Waals surface area contributed by atoms with Crippen LogP contribution in [0.3, 0.4) is 0 Å². The zero-order valence-electron chi connectivity index (χ0n) is 28.6. The van der Waals surface area contributed by atoms with Gasteiger partial charge < -0.3 is 4.57 Å². The average molecular weight is 675 g/mol. The molecule has 4 heteroatoms. The summed E-state index contributed by atoms with van der Waals surface area (Å²) in [7, 11) is 0. The number of benzene rings is 9. The molecule has 2 heterocycles. The molecular weight excluding hydrogens is 645 g/mol. The van der Waals surface area contributed by atoms with Crippen molar-refractivity contribution in [2.45, 2.75) is 0 Å². The summed E-state index contributed by atoms with van der Waals surface area (Å²) in [4.78, 5) is 15.6. The first-order valence-electron chi connectivity index (χ1n) is 17.9. The molecule has 11 rings (SSSR count). The molecule has 246 valence electrons. The number of hydrogen-bond acceptors (Lipinski definition) is 3. The molecule has 0 N–H and O–H groups in total. The van der Waals surface area contributed by atoms with Crippen LogP contribution in [0.2, 0.25) is 0 Å². The Morgan fingerprint density at radius 1 is 0.302 bits per heavy atom. The van der Waals surface area contributed by atoms with Crippen molar-refractivity contribution in [3.05, 3.63) is 182 Å². The van der Waals surface area contributed by atoms with Gasteiger partial charge in [-0.05, 0) is 79.5 Å². The summed E-state index contributed by atoms with van der Waals surface area (Å²) < 4.78 is 2.37. The van der Waals surface area contributed by atoms with E-state index in [0.29, 0.717) is 17.5 Å². The lowest BCUT2D eigenvalue weighted by Gasteiger charge is -2.15.